The van der Waals surface area contributed by atoms with E-state index < -0.39 is 30.3 Å². The molecule has 1 saturated heterocycles. The number of phenolic OH excluding ortho intramolecular Hbond substituents is 1. The van der Waals surface area contributed by atoms with Gasteiger partial charge in [0.1, 0.15) is 12.3 Å². The molecule has 6 rings (SSSR count). The lowest BCUT2D eigenvalue weighted by Gasteiger charge is -2.43. The molecule has 3 fully saturated rings. The third-order valence-electron chi connectivity index (χ3n) is 7.38. The van der Waals surface area contributed by atoms with Crippen molar-refractivity contribution in [2.45, 2.75) is 22.6 Å². The Kier molecular flexibility index (Phi) is 3.98. The highest BCUT2D eigenvalue weighted by molar-refractivity contribution is 8.00. The molecule has 2 aromatic rings. The number of hydrogen-bond acceptors (Lipinski definition) is 7. The van der Waals surface area contributed by atoms with Gasteiger partial charge in [0, 0.05) is 21.6 Å². The highest BCUT2D eigenvalue weighted by Gasteiger charge is 2.69. The Labute approximate surface area is 184 Å². The molecule has 10 heteroatoms. The SMILES string of the molecule is O=C(O)CN1C(=O)[C@@H]2[C@H]3C[C@@H]([C@@H]2C1=O)[C@H]1[C@@H](c2ccccc2O)c2sc(=O)[nH]c2S[C@H]31. The van der Waals surface area contributed by atoms with Gasteiger partial charge in [0.15, 0.2) is 0 Å². The Hall–Kier alpha value is -2.59. The van der Waals surface area contributed by atoms with Crippen LogP contribution in [-0.2, 0) is 14.4 Å². The maximum absolute atomic E-state index is 13.1. The fraction of sp³-hybridized carbons (Fsp3) is 0.429. The molecule has 2 aliphatic heterocycles. The average molecular weight is 459 g/mol. The molecule has 3 heterocycles. The molecule has 1 aromatic carbocycles. The van der Waals surface area contributed by atoms with Crippen molar-refractivity contribution in [2.75, 3.05) is 6.54 Å². The number of likely N-dealkylation sites (tertiary alicyclic amines) is 1. The van der Waals surface area contributed by atoms with Crippen LogP contribution in [0.4, 0.5) is 0 Å². The van der Waals surface area contributed by atoms with Crippen molar-refractivity contribution < 1.29 is 24.6 Å². The molecule has 8 nitrogen and oxygen atoms in total. The molecule has 0 spiro atoms. The zero-order valence-electron chi connectivity index (χ0n) is 16.1. The summed E-state index contributed by atoms with van der Waals surface area (Å²) in [4.78, 5) is 54.0. The molecule has 2 bridgehead atoms. The normalized spacial score (nSPS) is 35.2. The number of para-hydroxylation sites is 1. The fourth-order valence-corrected chi connectivity index (χ4v) is 9.35. The van der Waals surface area contributed by atoms with Gasteiger partial charge in [0.05, 0.1) is 16.9 Å². The van der Waals surface area contributed by atoms with E-state index in [0.29, 0.717) is 0 Å². The number of aromatic hydroxyl groups is 1. The van der Waals surface area contributed by atoms with E-state index in [2.05, 4.69) is 4.98 Å². The molecule has 7 atom stereocenters. The second-order valence-corrected chi connectivity index (χ2v) is 10.9. The first-order valence-corrected chi connectivity index (χ1v) is 11.8. The van der Waals surface area contributed by atoms with Crippen LogP contribution in [0.15, 0.2) is 34.1 Å². The molecule has 160 valence electrons. The molecule has 0 radical (unpaired) electrons. The molecule has 2 saturated carbocycles. The zero-order chi connectivity index (χ0) is 21.6. The number of thioether (sulfide) groups is 1. The van der Waals surface area contributed by atoms with Gasteiger partial charge in [-0.25, -0.2) is 0 Å². The Morgan fingerprint density at radius 1 is 1.13 bits per heavy atom. The van der Waals surface area contributed by atoms with Gasteiger partial charge >= 0.3 is 10.8 Å². The number of fused-ring (bicyclic) bond motifs is 9. The number of aromatic amines is 1. The minimum Gasteiger partial charge on any atom is -0.508 e. The molecule has 0 unspecified atom stereocenters. The van der Waals surface area contributed by atoms with E-state index in [1.165, 1.54) is 0 Å². The van der Waals surface area contributed by atoms with Gasteiger partial charge < -0.3 is 15.2 Å². The molecule has 2 aliphatic carbocycles. The number of carboxylic acid groups (broad SMARTS) is 1. The number of amides is 2. The summed E-state index contributed by atoms with van der Waals surface area (Å²) in [6.45, 7) is -0.601. The number of benzene rings is 1. The summed E-state index contributed by atoms with van der Waals surface area (Å²) in [5.74, 6) is -3.29. The minimum absolute atomic E-state index is 0.00938. The van der Waals surface area contributed by atoms with Crippen LogP contribution in [0.1, 0.15) is 22.8 Å². The lowest BCUT2D eigenvalue weighted by atomic mass is 9.68. The van der Waals surface area contributed by atoms with Crippen LogP contribution in [0.5, 0.6) is 5.75 Å². The third-order valence-corrected chi connectivity index (χ3v) is 9.97. The number of phenols is 1. The Morgan fingerprint density at radius 3 is 2.55 bits per heavy atom. The molecule has 4 aliphatic rings. The molecular weight excluding hydrogens is 440 g/mol. The van der Waals surface area contributed by atoms with Gasteiger partial charge in [-0.15, -0.1) is 11.8 Å². The largest absolute Gasteiger partial charge is 0.508 e. The quantitative estimate of drug-likeness (QED) is 0.597. The van der Waals surface area contributed by atoms with E-state index >= 15 is 0 Å². The fourth-order valence-electron chi connectivity index (χ4n) is 6.47. The number of carbonyl (C=O) groups is 3. The summed E-state index contributed by atoms with van der Waals surface area (Å²) >= 11 is 2.69. The van der Waals surface area contributed by atoms with Gasteiger partial charge in [-0.05, 0) is 30.2 Å². The monoisotopic (exact) mass is 458 g/mol. The first-order valence-electron chi connectivity index (χ1n) is 10.1. The number of aliphatic carboxylic acids is 1. The lowest BCUT2D eigenvalue weighted by Crippen LogP contribution is -2.42. The second-order valence-electron chi connectivity index (χ2n) is 8.68. The molecule has 3 N–H and O–H groups in total. The van der Waals surface area contributed by atoms with Gasteiger partial charge in [-0.3, -0.25) is 24.1 Å². The standard InChI is InChI=1S/C21H18N2O6S2/c24-10-4-2-1-3-7(10)12-13-8-5-9(16(13)30-18-17(12)31-21(29)22-18)15-14(8)19(27)23(20(15)28)6-11(25)26/h1-4,8-9,12-16,24H,5-6H2,(H,22,29)(H,25,26)/t8-,9-,12-,13+,14+,15-,16-/m1/s1. The van der Waals surface area contributed by atoms with E-state index in [-0.39, 0.29) is 45.5 Å². The smallest absolute Gasteiger partial charge is 0.323 e. The van der Waals surface area contributed by atoms with Crippen molar-refractivity contribution in [3.05, 3.63) is 44.4 Å². The topological polar surface area (TPSA) is 128 Å². The van der Waals surface area contributed by atoms with Crippen LogP contribution < -0.4 is 4.87 Å². The molecule has 1 aromatic heterocycles. The highest BCUT2D eigenvalue weighted by atomic mass is 32.2. The number of aromatic nitrogens is 1. The number of thiazole rings is 1. The maximum Gasteiger partial charge on any atom is 0.323 e. The van der Waals surface area contributed by atoms with Crippen molar-refractivity contribution in [2.24, 2.45) is 29.6 Å². The van der Waals surface area contributed by atoms with Gasteiger partial charge in [-0.2, -0.15) is 0 Å². The van der Waals surface area contributed by atoms with E-state index in [4.69, 9.17) is 5.11 Å². The summed E-state index contributed by atoms with van der Waals surface area (Å²) in [6, 6.07) is 7.06. The number of imide groups is 1. The van der Waals surface area contributed by atoms with Crippen LogP contribution in [-0.4, -0.2) is 49.7 Å². The summed E-state index contributed by atoms with van der Waals surface area (Å²) in [7, 11) is 0. The van der Waals surface area contributed by atoms with Crippen molar-refractivity contribution >= 4 is 40.9 Å². The first-order chi connectivity index (χ1) is 14.9. The van der Waals surface area contributed by atoms with E-state index in [1.807, 2.05) is 12.1 Å². The summed E-state index contributed by atoms with van der Waals surface area (Å²) in [5, 5.41) is 20.6. The van der Waals surface area contributed by atoms with Crippen LogP contribution in [0, 0.1) is 29.6 Å². The lowest BCUT2D eigenvalue weighted by molar-refractivity contribution is -0.149. The number of nitrogens with one attached hydrogen (secondary N) is 1. The van der Waals surface area contributed by atoms with E-state index in [0.717, 1.165) is 38.1 Å². The Morgan fingerprint density at radius 2 is 1.84 bits per heavy atom. The summed E-state index contributed by atoms with van der Waals surface area (Å²) in [5.41, 5.74) is 0.720. The van der Waals surface area contributed by atoms with Gasteiger partial charge in [0.2, 0.25) is 11.8 Å². The first kappa shape index (κ1) is 19.1. The predicted octanol–water partition coefficient (Wildman–Crippen LogP) is 1.70. The maximum atomic E-state index is 13.1. The second kappa shape index (κ2) is 6.46. The Bertz CT molecular complexity index is 1200. The molecule has 31 heavy (non-hydrogen) atoms. The highest BCUT2D eigenvalue weighted by Crippen LogP contribution is 2.68. The van der Waals surface area contributed by atoms with Crippen LogP contribution in [0.2, 0.25) is 0 Å². The van der Waals surface area contributed by atoms with Crippen LogP contribution >= 0.6 is 23.1 Å². The third kappa shape index (κ3) is 2.48. The van der Waals surface area contributed by atoms with Crippen molar-refractivity contribution in [1.29, 1.82) is 0 Å². The predicted molar refractivity (Wildman–Crippen MR) is 111 cm³/mol. The van der Waals surface area contributed by atoms with Crippen LogP contribution in [0.3, 0.4) is 0 Å². The number of carboxylic acids is 1. The molecular formula is C21H18N2O6S2. The van der Waals surface area contributed by atoms with Gasteiger partial charge in [-0.1, -0.05) is 29.5 Å². The number of hydrogen-bond donors (Lipinski definition) is 3. The zero-order valence-corrected chi connectivity index (χ0v) is 17.7. The van der Waals surface area contributed by atoms with Crippen LogP contribution in [0.25, 0.3) is 0 Å². The van der Waals surface area contributed by atoms with Crippen molar-refractivity contribution in [3.63, 3.8) is 0 Å². The summed E-state index contributed by atoms with van der Waals surface area (Å²) in [6.07, 6.45) is 0.722. The van der Waals surface area contributed by atoms with Gasteiger partial charge in [0.25, 0.3) is 0 Å². The van der Waals surface area contributed by atoms with Crippen molar-refractivity contribution in [3.8, 4) is 5.75 Å². The average Bonchev–Trinajstić information content (AvgIpc) is 3.44. The minimum atomic E-state index is -1.20. The Balaban J connectivity index is 1.47. The number of rotatable bonds is 3. The van der Waals surface area contributed by atoms with E-state index in [1.54, 1.807) is 23.9 Å². The number of H-pyrrole nitrogens is 1. The van der Waals surface area contributed by atoms with E-state index in [9.17, 15) is 24.3 Å². The summed E-state index contributed by atoms with van der Waals surface area (Å²) < 4.78 is 0. The van der Waals surface area contributed by atoms with Crippen molar-refractivity contribution in [1.82, 2.24) is 9.88 Å². The number of nitrogens with zero attached hydrogens (tertiary/aromatic N) is 1. The molecule has 2 amide bonds. The number of carbonyl (C=O) groups excluding carboxylic acids is 2.